The van der Waals surface area contributed by atoms with Crippen molar-refractivity contribution in [3.8, 4) is 0 Å². The van der Waals surface area contributed by atoms with Crippen LogP contribution in [0.2, 0.25) is 0 Å². The highest BCUT2D eigenvalue weighted by atomic mass is 32.2. The smallest absolute Gasteiger partial charge is 0.250 e. The predicted octanol–water partition coefficient (Wildman–Crippen LogP) is 3.03. The van der Waals surface area contributed by atoms with Crippen molar-refractivity contribution in [2.24, 2.45) is 5.10 Å². The molecule has 0 saturated heterocycles. The first-order valence-electron chi connectivity index (χ1n) is 8.98. The van der Waals surface area contributed by atoms with Crippen LogP contribution >= 0.6 is 11.8 Å². The average molecular weight is 425 g/mol. The van der Waals surface area contributed by atoms with Crippen LogP contribution in [0.5, 0.6) is 0 Å². The molecule has 10 heteroatoms. The second-order valence-corrected chi connectivity index (χ2v) is 7.22. The number of carbonyl (C=O) groups is 1. The first-order valence-corrected chi connectivity index (χ1v) is 10.1. The molecular weight excluding hydrogens is 405 g/mol. The van der Waals surface area contributed by atoms with Gasteiger partial charge in [-0.05, 0) is 25.1 Å². The number of rotatable bonds is 8. The Kier molecular flexibility index (Phi) is 7.28. The first-order chi connectivity index (χ1) is 14.5. The summed E-state index contributed by atoms with van der Waals surface area (Å²) in [6.07, 6.45) is 1.26. The van der Waals surface area contributed by atoms with Crippen molar-refractivity contribution < 1.29 is 9.18 Å². The molecule has 0 spiro atoms. The quantitative estimate of drug-likeness (QED) is 0.375. The fraction of sp³-hybridized carbons (Fsp3) is 0.150. The topological polar surface area (TPSA) is 118 Å². The van der Waals surface area contributed by atoms with Crippen LogP contribution in [0, 0.1) is 12.7 Å². The number of hydrazone groups is 1. The SMILES string of the molecule is Cc1ccc(Nc2nc(N)nc(CSCC(=O)N/N=C/c3ccccc3F)n2)cc1. The summed E-state index contributed by atoms with van der Waals surface area (Å²) in [5.74, 6) is 0.625. The Morgan fingerprint density at radius 3 is 2.70 bits per heavy atom. The third-order valence-electron chi connectivity index (χ3n) is 3.77. The van der Waals surface area contributed by atoms with Crippen LogP contribution in [0.3, 0.4) is 0 Å². The lowest BCUT2D eigenvalue weighted by Gasteiger charge is -2.07. The number of nitrogens with zero attached hydrogens (tertiary/aromatic N) is 4. The Hall–Kier alpha value is -3.53. The minimum Gasteiger partial charge on any atom is -0.368 e. The zero-order valence-corrected chi connectivity index (χ0v) is 17.0. The number of hydrogen-bond acceptors (Lipinski definition) is 8. The van der Waals surface area contributed by atoms with Gasteiger partial charge in [-0.3, -0.25) is 4.79 Å². The van der Waals surface area contributed by atoms with E-state index in [9.17, 15) is 9.18 Å². The molecule has 0 saturated carbocycles. The van der Waals surface area contributed by atoms with Crippen molar-refractivity contribution in [1.82, 2.24) is 20.4 Å². The van der Waals surface area contributed by atoms with Gasteiger partial charge in [-0.1, -0.05) is 35.9 Å². The van der Waals surface area contributed by atoms with E-state index < -0.39 is 5.82 Å². The molecule has 0 aliphatic heterocycles. The Labute approximate surface area is 177 Å². The molecular formula is C20H20FN7OS. The highest BCUT2D eigenvalue weighted by molar-refractivity contribution is 7.99. The van der Waals surface area contributed by atoms with Gasteiger partial charge in [0.15, 0.2) is 0 Å². The zero-order chi connectivity index (χ0) is 21.3. The highest BCUT2D eigenvalue weighted by Crippen LogP contribution is 2.16. The molecule has 0 aliphatic rings. The number of aryl methyl sites for hydroxylation is 1. The third kappa shape index (κ3) is 6.52. The summed E-state index contributed by atoms with van der Waals surface area (Å²) in [7, 11) is 0. The molecule has 154 valence electrons. The second-order valence-electron chi connectivity index (χ2n) is 6.23. The molecule has 1 aromatic heterocycles. The number of anilines is 3. The number of thioether (sulfide) groups is 1. The fourth-order valence-electron chi connectivity index (χ4n) is 2.35. The molecule has 0 radical (unpaired) electrons. The van der Waals surface area contributed by atoms with E-state index in [-0.39, 0.29) is 17.6 Å². The van der Waals surface area contributed by atoms with E-state index in [1.807, 2.05) is 31.2 Å². The first kappa shape index (κ1) is 21.2. The molecule has 8 nitrogen and oxygen atoms in total. The number of amides is 1. The van der Waals surface area contributed by atoms with Crippen LogP contribution in [0.25, 0.3) is 0 Å². The number of hydrogen-bond donors (Lipinski definition) is 3. The van der Waals surface area contributed by atoms with E-state index >= 15 is 0 Å². The second kappa shape index (κ2) is 10.3. The van der Waals surface area contributed by atoms with Crippen molar-refractivity contribution in [3.05, 3.63) is 71.3 Å². The molecule has 0 fully saturated rings. The van der Waals surface area contributed by atoms with Crippen molar-refractivity contribution >= 4 is 41.5 Å². The van der Waals surface area contributed by atoms with E-state index in [0.717, 1.165) is 11.3 Å². The Balaban J connectivity index is 1.49. The Morgan fingerprint density at radius 1 is 1.17 bits per heavy atom. The summed E-state index contributed by atoms with van der Waals surface area (Å²) in [4.78, 5) is 24.4. The lowest BCUT2D eigenvalue weighted by Crippen LogP contribution is -2.20. The number of aromatic nitrogens is 3. The average Bonchev–Trinajstić information content (AvgIpc) is 2.71. The molecule has 0 aliphatic carbocycles. The van der Waals surface area contributed by atoms with E-state index in [1.165, 1.54) is 24.0 Å². The minimum atomic E-state index is -0.410. The van der Waals surface area contributed by atoms with E-state index in [4.69, 9.17) is 5.73 Å². The minimum absolute atomic E-state index is 0.0918. The van der Waals surface area contributed by atoms with E-state index in [2.05, 4.69) is 30.8 Å². The fourth-order valence-corrected chi connectivity index (χ4v) is 3.01. The lowest BCUT2D eigenvalue weighted by atomic mass is 10.2. The summed E-state index contributed by atoms with van der Waals surface area (Å²) in [5, 5.41) is 6.84. The van der Waals surface area contributed by atoms with Gasteiger partial charge in [-0.25, -0.2) is 9.82 Å². The number of carbonyl (C=O) groups excluding carboxylic acids is 1. The summed E-state index contributed by atoms with van der Waals surface area (Å²) in [6.45, 7) is 2.00. The van der Waals surface area contributed by atoms with Gasteiger partial charge in [0, 0.05) is 11.3 Å². The maximum absolute atomic E-state index is 13.5. The molecule has 30 heavy (non-hydrogen) atoms. The van der Waals surface area contributed by atoms with E-state index in [1.54, 1.807) is 18.2 Å². The largest absolute Gasteiger partial charge is 0.368 e. The number of nitrogens with two attached hydrogens (primary N) is 1. The molecule has 1 heterocycles. The van der Waals surface area contributed by atoms with Crippen LogP contribution in [0.15, 0.2) is 53.6 Å². The highest BCUT2D eigenvalue weighted by Gasteiger charge is 2.07. The van der Waals surface area contributed by atoms with Gasteiger partial charge in [0.1, 0.15) is 11.6 Å². The van der Waals surface area contributed by atoms with Crippen molar-refractivity contribution in [2.75, 3.05) is 16.8 Å². The van der Waals surface area contributed by atoms with Crippen molar-refractivity contribution in [2.45, 2.75) is 12.7 Å². The molecule has 3 aromatic rings. The van der Waals surface area contributed by atoms with Gasteiger partial charge in [0.25, 0.3) is 0 Å². The molecule has 3 rings (SSSR count). The molecule has 0 unspecified atom stereocenters. The number of halogens is 1. The van der Waals surface area contributed by atoms with Crippen LogP contribution < -0.4 is 16.5 Å². The van der Waals surface area contributed by atoms with Crippen LogP contribution in [-0.2, 0) is 10.5 Å². The molecule has 0 atom stereocenters. The number of nitrogens with one attached hydrogen (secondary N) is 2. The summed E-state index contributed by atoms with van der Waals surface area (Å²) in [6, 6.07) is 13.9. The normalized spacial score (nSPS) is 10.9. The predicted molar refractivity (Wildman–Crippen MR) is 117 cm³/mol. The van der Waals surface area contributed by atoms with Crippen molar-refractivity contribution in [1.29, 1.82) is 0 Å². The maximum Gasteiger partial charge on any atom is 0.250 e. The van der Waals surface area contributed by atoms with Crippen LogP contribution in [0.1, 0.15) is 17.0 Å². The Bertz CT molecular complexity index is 1040. The lowest BCUT2D eigenvalue weighted by molar-refractivity contribution is -0.118. The summed E-state index contributed by atoms with van der Waals surface area (Å²) >= 11 is 1.29. The standard InChI is InChI=1S/C20H20FN7OS/c1-13-6-8-15(9-7-13)24-20-26-17(25-19(22)27-20)11-30-12-18(29)28-23-10-14-4-2-3-5-16(14)21/h2-10H,11-12H2,1H3,(H,28,29)(H3,22,24,25,26,27)/b23-10+. The third-order valence-corrected chi connectivity index (χ3v) is 4.70. The monoisotopic (exact) mass is 425 g/mol. The van der Waals surface area contributed by atoms with Gasteiger partial charge in [-0.2, -0.15) is 20.1 Å². The molecule has 4 N–H and O–H groups in total. The van der Waals surface area contributed by atoms with Crippen LogP contribution in [-0.4, -0.2) is 32.8 Å². The van der Waals surface area contributed by atoms with Gasteiger partial charge < -0.3 is 11.1 Å². The Morgan fingerprint density at radius 2 is 1.93 bits per heavy atom. The van der Waals surface area contributed by atoms with Crippen molar-refractivity contribution in [3.63, 3.8) is 0 Å². The zero-order valence-electron chi connectivity index (χ0n) is 16.2. The van der Waals surface area contributed by atoms with Gasteiger partial charge in [0.2, 0.25) is 17.8 Å². The molecule has 0 bridgehead atoms. The van der Waals surface area contributed by atoms with Gasteiger partial charge in [-0.15, -0.1) is 11.8 Å². The number of nitrogen functional groups attached to an aromatic ring is 1. The summed E-state index contributed by atoms with van der Waals surface area (Å²) < 4.78 is 13.5. The number of benzene rings is 2. The van der Waals surface area contributed by atoms with E-state index in [0.29, 0.717) is 23.1 Å². The van der Waals surface area contributed by atoms with Gasteiger partial charge >= 0.3 is 0 Å². The summed E-state index contributed by atoms with van der Waals surface area (Å²) in [5.41, 5.74) is 10.4. The maximum atomic E-state index is 13.5. The van der Waals surface area contributed by atoms with Crippen LogP contribution in [0.4, 0.5) is 22.0 Å². The van der Waals surface area contributed by atoms with Gasteiger partial charge in [0.05, 0.1) is 17.7 Å². The molecule has 2 aromatic carbocycles. The molecule has 1 amide bonds.